The molecule has 0 radical (unpaired) electrons. The summed E-state index contributed by atoms with van der Waals surface area (Å²) in [5.41, 5.74) is 7.06. The molecular formula is C11H11N3O. The minimum atomic E-state index is 0.000463. The summed E-state index contributed by atoms with van der Waals surface area (Å²) in [4.78, 5) is 11.4. The molecule has 0 saturated heterocycles. The molecule has 0 atom stereocenters. The highest BCUT2D eigenvalue weighted by atomic mass is 16.1. The summed E-state index contributed by atoms with van der Waals surface area (Å²) in [6, 6.07) is 8.94. The Morgan fingerprint density at radius 2 is 2.07 bits per heavy atom. The fourth-order valence-electron chi connectivity index (χ4n) is 1.47. The molecule has 0 aliphatic heterocycles. The fourth-order valence-corrected chi connectivity index (χ4v) is 1.47. The zero-order valence-corrected chi connectivity index (χ0v) is 8.34. The van der Waals surface area contributed by atoms with Gasteiger partial charge in [0.2, 0.25) is 0 Å². The van der Waals surface area contributed by atoms with Crippen LogP contribution >= 0.6 is 0 Å². The SMILES string of the molecule is CC(=O)c1ccccc1-n1nccc1N. The Hall–Kier alpha value is -2.10. The first-order chi connectivity index (χ1) is 7.20. The van der Waals surface area contributed by atoms with Gasteiger partial charge in [-0.25, -0.2) is 4.68 Å². The van der Waals surface area contributed by atoms with E-state index in [1.54, 1.807) is 23.0 Å². The van der Waals surface area contributed by atoms with Crippen LogP contribution < -0.4 is 5.73 Å². The maximum absolute atomic E-state index is 11.4. The maximum atomic E-state index is 11.4. The molecular weight excluding hydrogens is 190 g/mol. The molecule has 0 aliphatic carbocycles. The molecule has 0 saturated carbocycles. The molecule has 0 fully saturated rings. The van der Waals surface area contributed by atoms with Gasteiger partial charge in [-0.3, -0.25) is 4.79 Å². The number of nitrogens with two attached hydrogens (primary N) is 1. The zero-order chi connectivity index (χ0) is 10.8. The number of carbonyl (C=O) groups excluding carboxylic acids is 1. The van der Waals surface area contributed by atoms with Gasteiger partial charge < -0.3 is 5.73 Å². The Kier molecular flexibility index (Phi) is 2.25. The number of nitrogens with zero attached hydrogens (tertiary/aromatic N) is 2. The van der Waals surface area contributed by atoms with E-state index >= 15 is 0 Å². The highest BCUT2D eigenvalue weighted by molar-refractivity contribution is 5.97. The van der Waals surface area contributed by atoms with Crippen molar-refractivity contribution in [1.82, 2.24) is 9.78 Å². The lowest BCUT2D eigenvalue weighted by Crippen LogP contribution is -2.07. The highest BCUT2D eigenvalue weighted by Gasteiger charge is 2.09. The number of Topliss-reactive ketones (excluding diaryl/α,β-unsaturated/α-hetero) is 1. The van der Waals surface area contributed by atoms with Gasteiger partial charge in [0.05, 0.1) is 11.9 Å². The van der Waals surface area contributed by atoms with Crippen LogP contribution in [0.3, 0.4) is 0 Å². The fraction of sp³-hybridized carbons (Fsp3) is 0.0909. The molecule has 2 N–H and O–H groups in total. The van der Waals surface area contributed by atoms with Crippen molar-refractivity contribution in [3.8, 4) is 5.69 Å². The minimum absolute atomic E-state index is 0.000463. The highest BCUT2D eigenvalue weighted by Crippen LogP contribution is 2.17. The van der Waals surface area contributed by atoms with Crippen molar-refractivity contribution < 1.29 is 4.79 Å². The van der Waals surface area contributed by atoms with E-state index in [1.165, 1.54) is 6.92 Å². The van der Waals surface area contributed by atoms with Crippen LogP contribution in [0.2, 0.25) is 0 Å². The van der Waals surface area contributed by atoms with Crippen LogP contribution in [0.15, 0.2) is 36.5 Å². The maximum Gasteiger partial charge on any atom is 0.161 e. The predicted octanol–water partition coefficient (Wildman–Crippen LogP) is 1.66. The second-order valence-corrected chi connectivity index (χ2v) is 3.24. The first-order valence-corrected chi connectivity index (χ1v) is 4.60. The Morgan fingerprint density at radius 3 is 2.67 bits per heavy atom. The van der Waals surface area contributed by atoms with Crippen molar-refractivity contribution in [3.63, 3.8) is 0 Å². The number of hydrogen-bond acceptors (Lipinski definition) is 3. The topological polar surface area (TPSA) is 60.9 Å². The number of rotatable bonds is 2. The summed E-state index contributed by atoms with van der Waals surface area (Å²) in [5.74, 6) is 0.518. The van der Waals surface area contributed by atoms with E-state index in [0.717, 1.165) is 0 Å². The van der Waals surface area contributed by atoms with Gasteiger partial charge in [0.1, 0.15) is 5.82 Å². The van der Waals surface area contributed by atoms with E-state index in [0.29, 0.717) is 17.1 Å². The third-order valence-corrected chi connectivity index (χ3v) is 2.18. The standard InChI is InChI=1S/C11H11N3O/c1-8(15)9-4-2-3-5-10(9)14-11(12)6-7-13-14/h2-7H,12H2,1H3. The van der Waals surface area contributed by atoms with E-state index in [-0.39, 0.29) is 5.78 Å². The molecule has 4 heteroatoms. The zero-order valence-electron chi connectivity index (χ0n) is 8.34. The number of anilines is 1. The van der Waals surface area contributed by atoms with Crippen molar-refractivity contribution >= 4 is 11.6 Å². The number of para-hydroxylation sites is 1. The summed E-state index contributed by atoms with van der Waals surface area (Å²) in [6.07, 6.45) is 1.60. The molecule has 0 aliphatic rings. The molecule has 0 unspecified atom stereocenters. The van der Waals surface area contributed by atoms with Crippen molar-refractivity contribution in [3.05, 3.63) is 42.1 Å². The quantitative estimate of drug-likeness (QED) is 0.751. The molecule has 1 heterocycles. The van der Waals surface area contributed by atoms with Gasteiger partial charge in [-0.2, -0.15) is 5.10 Å². The smallest absolute Gasteiger partial charge is 0.161 e. The van der Waals surface area contributed by atoms with Crippen molar-refractivity contribution in [2.24, 2.45) is 0 Å². The van der Waals surface area contributed by atoms with Gasteiger partial charge in [0.15, 0.2) is 5.78 Å². The second kappa shape index (κ2) is 3.57. The van der Waals surface area contributed by atoms with Crippen LogP contribution in [-0.2, 0) is 0 Å². The number of carbonyl (C=O) groups is 1. The molecule has 0 bridgehead atoms. The summed E-state index contributed by atoms with van der Waals surface area (Å²) in [6.45, 7) is 1.53. The average molecular weight is 201 g/mol. The Morgan fingerprint density at radius 1 is 1.33 bits per heavy atom. The molecule has 15 heavy (non-hydrogen) atoms. The van der Waals surface area contributed by atoms with Crippen molar-refractivity contribution in [1.29, 1.82) is 0 Å². The normalized spacial score (nSPS) is 10.2. The molecule has 1 aromatic heterocycles. The average Bonchev–Trinajstić information content (AvgIpc) is 2.64. The van der Waals surface area contributed by atoms with E-state index < -0.39 is 0 Å². The summed E-state index contributed by atoms with van der Waals surface area (Å²) in [7, 11) is 0. The second-order valence-electron chi connectivity index (χ2n) is 3.24. The minimum Gasteiger partial charge on any atom is -0.384 e. The van der Waals surface area contributed by atoms with Crippen LogP contribution in [0.4, 0.5) is 5.82 Å². The van der Waals surface area contributed by atoms with Gasteiger partial charge in [-0.1, -0.05) is 12.1 Å². The summed E-state index contributed by atoms with van der Waals surface area (Å²) >= 11 is 0. The Balaban J connectivity index is 2.63. The van der Waals surface area contributed by atoms with E-state index in [2.05, 4.69) is 5.10 Å². The van der Waals surface area contributed by atoms with Gasteiger partial charge in [0.25, 0.3) is 0 Å². The third-order valence-electron chi connectivity index (χ3n) is 2.18. The van der Waals surface area contributed by atoms with E-state index in [1.807, 2.05) is 18.2 Å². The van der Waals surface area contributed by atoms with Gasteiger partial charge in [-0.15, -0.1) is 0 Å². The monoisotopic (exact) mass is 201 g/mol. The lowest BCUT2D eigenvalue weighted by Gasteiger charge is -2.07. The lowest BCUT2D eigenvalue weighted by molar-refractivity contribution is 0.101. The third kappa shape index (κ3) is 1.61. The molecule has 2 rings (SSSR count). The van der Waals surface area contributed by atoms with Crippen molar-refractivity contribution in [2.75, 3.05) is 5.73 Å². The Labute approximate surface area is 87.3 Å². The van der Waals surface area contributed by atoms with Gasteiger partial charge >= 0.3 is 0 Å². The van der Waals surface area contributed by atoms with Crippen LogP contribution in [-0.4, -0.2) is 15.6 Å². The lowest BCUT2D eigenvalue weighted by atomic mass is 10.1. The first kappa shape index (κ1) is 9.45. The summed E-state index contributed by atoms with van der Waals surface area (Å²) < 4.78 is 1.55. The van der Waals surface area contributed by atoms with Crippen LogP contribution in [0.25, 0.3) is 5.69 Å². The van der Waals surface area contributed by atoms with E-state index in [9.17, 15) is 4.79 Å². The largest absolute Gasteiger partial charge is 0.384 e. The molecule has 76 valence electrons. The first-order valence-electron chi connectivity index (χ1n) is 4.60. The van der Waals surface area contributed by atoms with Gasteiger partial charge in [-0.05, 0) is 19.1 Å². The number of ketones is 1. The number of nitrogen functional groups attached to an aromatic ring is 1. The predicted molar refractivity (Wildman–Crippen MR) is 58.0 cm³/mol. The number of benzene rings is 1. The van der Waals surface area contributed by atoms with E-state index in [4.69, 9.17) is 5.73 Å². The summed E-state index contributed by atoms with van der Waals surface area (Å²) in [5, 5.41) is 4.07. The van der Waals surface area contributed by atoms with Crippen molar-refractivity contribution in [2.45, 2.75) is 6.92 Å². The van der Waals surface area contributed by atoms with Crippen LogP contribution in [0.5, 0.6) is 0 Å². The molecule has 2 aromatic rings. The number of hydrogen-bond donors (Lipinski definition) is 1. The molecule has 0 spiro atoms. The van der Waals surface area contributed by atoms with Crippen LogP contribution in [0.1, 0.15) is 17.3 Å². The van der Waals surface area contributed by atoms with Crippen LogP contribution in [0, 0.1) is 0 Å². The molecule has 0 amide bonds. The molecule has 4 nitrogen and oxygen atoms in total. The molecule has 1 aromatic carbocycles. The number of aromatic nitrogens is 2. The Bertz CT molecular complexity index is 502. The van der Waals surface area contributed by atoms with Gasteiger partial charge in [0, 0.05) is 11.6 Å².